The van der Waals surface area contributed by atoms with E-state index in [-0.39, 0.29) is 51.4 Å². The van der Waals surface area contributed by atoms with Crippen LogP contribution >= 0.6 is 0 Å². The minimum Gasteiger partial charge on any atom is -0.542 e. The summed E-state index contributed by atoms with van der Waals surface area (Å²) >= 11 is 0. The van der Waals surface area contributed by atoms with Crippen molar-refractivity contribution in [1.82, 2.24) is 0 Å². The van der Waals surface area contributed by atoms with Gasteiger partial charge in [0.25, 0.3) is 0 Å². The molecule has 0 fully saturated rings. The van der Waals surface area contributed by atoms with Crippen LogP contribution in [0.25, 0.3) is 0 Å². The first kappa shape index (κ1) is 16.5. The Balaban J connectivity index is 0. The van der Waals surface area contributed by atoms with Crippen LogP contribution in [0.1, 0.15) is 51.4 Å². The van der Waals surface area contributed by atoms with Crippen LogP contribution in [0.5, 0.6) is 0 Å². The van der Waals surface area contributed by atoms with Gasteiger partial charge in [0.05, 0.1) is 0 Å². The van der Waals surface area contributed by atoms with Gasteiger partial charge in [0.2, 0.25) is 0 Å². The van der Waals surface area contributed by atoms with E-state index in [1.807, 2.05) is 12.4 Å². The summed E-state index contributed by atoms with van der Waals surface area (Å²) in [5.41, 5.74) is 0. The molecule has 0 aromatic carbocycles. The van der Waals surface area contributed by atoms with Crippen molar-refractivity contribution in [2.24, 2.45) is 0 Å². The molecule has 2 heteroatoms. The van der Waals surface area contributed by atoms with E-state index >= 15 is 0 Å². The van der Waals surface area contributed by atoms with Crippen molar-refractivity contribution >= 4 is 6.29 Å². The molecule has 0 heterocycles. The minimum absolute atomic E-state index is 0. The molecule has 0 amide bonds. The standard InChI is InChI=1S/C11H19O.K/c1-2-3-4-5-6-7-8-9-10-11-12;/h2H,1,3-10H2;/q-1;+1. The number of allylic oxidation sites excluding steroid dienone is 1. The van der Waals surface area contributed by atoms with Gasteiger partial charge in [-0.3, -0.25) is 6.29 Å². The van der Waals surface area contributed by atoms with E-state index in [2.05, 4.69) is 6.58 Å². The maximum atomic E-state index is 9.84. The number of hydrogen-bond donors (Lipinski definition) is 0. The monoisotopic (exact) mass is 206 g/mol. The van der Waals surface area contributed by atoms with Gasteiger partial charge in [0.15, 0.2) is 0 Å². The van der Waals surface area contributed by atoms with Crippen molar-refractivity contribution < 1.29 is 56.2 Å². The van der Waals surface area contributed by atoms with Crippen LogP contribution < -0.4 is 51.4 Å². The third-order valence-corrected chi connectivity index (χ3v) is 1.94. The molecule has 0 aliphatic heterocycles. The molecule has 0 spiro atoms. The Morgan fingerprint density at radius 1 is 1.00 bits per heavy atom. The summed E-state index contributed by atoms with van der Waals surface area (Å²) in [6.45, 7) is 3.68. The summed E-state index contributed by atoms with van der Waals surface area (Å²) in [5, 5.41) is 0. The Labute approximate surface area is 125 Å². The third kappa shape index (κ3) is 15.8. The van der Waals surface area contributed by atoms with Gasteiger partial charge in [-0.25, -0.2) is 0 Å². The first-order valence-corrected chi connectivity index (χ1v) is 4.87. The molecule has 0 saturated heterocycles. The minimum atomic E-state index is 0. The van der Waals surface area contributed by atoms with Crippen LogP contribution in [0.4, 0.5) is 0 Å². The van der Waals surface area contributed by atoms with E-state index in [1.54, 1.807) is 0 Å². The van der Waals surface area contributed by atoms with Gasteiger partial charge < -0.3 is 4.79 Å². The summed E-state index contributed by atoms with van der Waals surface area (Å²) in [4.78, 5) is 9.84. The van der Waals surface area contributed by atoms with Crippen LogP contribution in [0.15, 0.2) is 12.7 Å². The second-order valence-electron chi connectivity index (χ2n) is 3.09. The largest absolute Gasteiger partial charge is 1.00 e. The van der Waals surface area contributed by atoms with Gasteiger partial charge in [-0.15, -0.1) is 6.58 Å². The Morgan fingerprint density at radius 3 is 2.08 bits per heavy atom. The molecule has 0 aliphatic rings. The van der Waals surface area contributed by atoms with Crippen molar-refractivity contribution in [3.8, 4) is 0 Å². The maximum absolute atomic E-state index is 9.84. The Bertz CT molecular complexity index is 98.7. The predicted octanol–water partition coefficient (Wildman–Crippen LogP) is 0.407. The van der Waals surface area contributed by atoms with Crippen molar-refractivity contribution in [1.29, 1.82) is 0 Å². The number of rotatable bonds is 9. The smallest absolute Gasteiger partial charge is 0.542 e. The topological polar surface area (TPSA) is 17.1 Å². The van der Waals surface area contributed by atoms with Gasteiger partial charge in [0, 0.05) is 0 Å². The second kappa shape index (κ2) is 15.5. The van der Waals surface area contributed by atoms with Crippen LogP contribution in [0.2, 0.25) is 0 Å². The molecule has 70 valence electrons. The zero-order chi connectivity index (χ0) is 9.07. The fourth-order valence-corrected chi connectivity index (χ4v) is 1.19. The van der Waals surface area contributed by atoms with Gasteiger partial charge in [-0.05, 0) is 12.8 Å². The first-order chi connectivity index (χ1) is 5.91. The third-order valence-electron chi connectivity index (χ3n) is 1.94. The van der Waals surface area contributed by atoms with E-state index < -0.39 is 0 Å². The number of unbranched alkanes of at least 4 members (excludes halogenated alkanes) is 7. The molecule has 0 aromatic rings. The van der Waals surface area contributed by atoms with E-state index in [4.69, 9.17) is 0 Å². The molecule has 0 radical (unpaired) electrons. The molecule has 0 rings (SSSR count). The molecule has 0 aliphatic carbocycles. The van der Waals surface area contributed by atoms with Crippen LogP contribution in [-0.2, 0) is 4.79 Å². The SMILES string of the molecule is C=CCCCCCCCC[C-]=O.[K+]. The fourth-order valence-electron chi connectivity index (χ4n) is 1.19. The maximum Gasteiger partial charge on any atom is 1.00 e. The molecular weight excluding hydrogens is 187 g/mol. The Kier molecular flexibility index (Phi) is 19.7. The number of carbonyl (C=O) groups excluding carboxylic acids is 1. The molecule has 0 N–H and O–H groups in total. The summed E-state index contributed by atoms with van der Waals surface area (Å²) in [5.74, 6) is 0. The van der Waals surface area contributed by atoms with Gasteiger partial charge in [-0.1, -0.05) is 38.2 Å². The van der Waals surface area contributed by atoms with Crippen molar-refractivity contribution in [2.75, 3.05) is 0 Å². The van der Waals surface area contributed by atoms with Crippen molar-refractivity contribution in [3.05, 3.63) is 12.7 Å². The average molecular weight is 206 g/mol. The first-order valence-electron chi connectivity index (χ1n) is 4.87. The second-order valence-corrected chi connectivity index (χ2v) is 3.09. The van der Waals surface area contributed by atoms with Crippen LogP contribution in [-0.4, -0.2) is 6.29 Å². The molecule has 0 atom stereocenters. The zero-order valence-corrected chi connectivity index (χ0v) is 12.0. The van der Waals surface area contributed by atoms with E-state index in [0.29, 0.717) is 6.42 Å². The van der Waals surface area contributed by atoms with Gasteiger partial charge >= 0.3 is 51.4 Å². The quantitative estimate of drug-likeness (QED) is 0.231. The van der Waals surface area contributed by atoms with Crippen molar-refractivity contribution in [3.63, 3.8) is 0 Å². The average Bonchev–Trinajstić information content (AvgIpc) is 2.10. The molecule has 13 heavy (non-hydrogen) atoms. The molecule has 0 unspecified atom stereocenters. The molecule has 0 aromatic heterocycles. The Morgan fingerprint density at radius 2 is 1.54 bits per heavy atom. The molecule has 0 bridgehead atoms. The predicted molar refractivity (Wildman–Crippen MR) is 52.8 cm³/mol. The van der Waals surface area contributed by atoms with Crippen molar-refractivity contribution in [2.45, 2.75) is 51.4 Å². The van der Waals surface area contributed by atoms with Crippen LogP contribution in [0.3, 0.4) is 0 Å². The van der Waals surface area contributed by atoms with Crippen LogP contribution in [0, 0.1) is 0 Å². The summed E-state index contributed by atoms with van der Waals surface area (Å²) in [6.07, 6.45) is 13.0. The summed E-state index contributed by atoms with van der Waals surface area (Å²) < 4.78 is 0. The zero-order valence-electron chi connectivity index (χ0n) is 8.85. The van der Waals surface area contributed by atoms with Gasteiger partial charge in [-0.2, -0.15) is 6.42 Å². The summed E-state index contributed by atoms with van der Waals surface area (Å²) in [6, 6.07) is 0. The van der Waals surface area contributed by atoms with Gasteiger partial charge in [0.1, 0.15) is 0 Å². The summed E-state index contributed by atoms with van der Waals surface area (Å²) in [7, 11) is 0. The number of hydrogen-bond acceptors (Lipinski definition) is 1. The van der Waals surface area contributed by atoms with E-state index in [0.717, 1.165) is 12.8 Å². The molecular formula is C11H19KO. The Hall–Kier alpha value is 1.05. The molecule has 0 saturated carbocycles. The fraction of sp³-hybridized carbons (Fsp3) is 0.727. The normalized spacial score (nSPS) is 8.92. The van der Waals surface area contributed by atoms with E-state index in [1.165, 1.54) is 32.1 Å². The molecule has 1 nitrogen and oxygen atoms in total. The van der Waals surface area contributed by atoms with E-state index in [9.17, 15) is 4.79 Å².